The molecule has 2 fully saturated rings. The van der Waals surface area contributed by atoms with Gasteiger partial charge in [0.25, 0.3) is 0 Å². The smallest absolute Gasteiger partial charge is 0.372 e. The molecule has 0 amide bonds. The highest BCUT2D eigenvalue weighted by atomic mass is 32.2. The summed E-state index contributed by atoms with van der Waals surface area (Å²) in [6, 6.07) is 0. The third-order valence-corrected chi connectivity index (χ3v) is 5.08. The standard InChI is InChI=1S/C13H20F4O3S/c1-11(2,3)20-10-6-7-4-8(10)5-9(7)12(14,15)13(16,17)21(18)19/h7-10H,4-6H2,1-3H3,(H,18,19). The van der Waals surface area contributed by atoms with Crippen LogP contribution in [0.15, 0.2) is 0 Å². The van der Waals surface area contributed by atoms with Gasteiger partial charge in [0.1, 0.15) is 0 Å². The molecule has 2 aliphatic rings. The maximum absolute atomic E-state index is 13.9. The Hall–Kier alpha value is -0.210. The minimum Gasteiger partial charge on any atom is -0.372 e. The van der Waals surface area contributed by atoms with Gasteiger partial charge in [-0.25, -0.2) is 4.21 Å². The number of ether oxygens (including phenoxy) is 1. The summed E-state index contributed by atoms with van der Waals surface area (Å²) in [5.41, 5.74) is -0.413. The van der Waals surface area contributed by atoms with Crippen LogP contribution >= 0.6 is 0 Å². The largest absolute Gasteiger partial charge is 0.406 e. The number of hydrogen-bond donors (Lipinski definition) is 1. The summed E-state index contributed by atoms with van der Waals surface area (Å²) in [4.78, 5) is 0. The van der Waals surface area contributed by atoms with Crippen molar-refractivity contribution in [1.82, 2.24) is 0 Å². The molecule has 3 nitrogen and oxygen atoms in total. The highest BCUT2D eigenvalue weighted by molar-refractivity contribution is 7.80. The van der Waals surface area contributed by atoms with Gasteiger partial charge in [0.05, 0.1) is 11.7 Å². The number of rotatable bonds is 4. The summed E-state index contributed by atoms with van der Waals surface area (Å²) in [5, 5.41) is -4.91. The molecule has 21 heavy (non-hydrogen) atoms. The van der Waals surface area contributed by atoms with E-state index in [9.17, 15) is 21.8 Å². The zero-order valence-corrected chi connectivity index (χ0v) is 12.9. The van der Waals surface area contributed by atoms with Crippen molar-refractivity contribution in [3.05, 3.63) is 0 Å². The summed E-state index contributed by atoms with van der Waals surface area (Å²) in [5.74, 6) is -6.81. The van der Waals surface area contributed by atoms with Gasteiger partial charge in [-0.2, -0.15) is 17.6 Å². The highest BCUT2D eigenvalue weighted by Gasteiger charge is 2.69. The molecule has 0 aromatic carbocycles. The van der Waals surface area contributed by atoms with Crippen molar-refractivity contribution in [2.75, 3.05) is 0 Å². The summed E-state index contributed by atoms with van der Waals surface area (Å²) < 4.78 is 79.3. The van der Waals surface area contributed by atoms with Crippen molar-refractivity contribution in [3.63, 3.8) is 0 Å². The molecule has 0 saturated heterocycles. The zero-order valence-electron chi connectivity index (χ0n) is 12.1. The number of hydrogen-bond acceptors (Lipinski definition) is 2. The lowest BCUT2D eigenvalue weighted by atomic mass is 9.82. The molecule has 2 aliphatic carbocycles. The van der Waals surface area contributed by atoms with Gasteiger partial charge in [-0.1, -0.05) is 0 Å². The van der Waals surface area contributed by atoms with Crippen LogP contribution in [0.4, 0.5) is 17.6 Å². The molecule has 0 aromatic heterocycles. The van der Waals surface area contributed by atoms with E-state index in [2.05, 4.69) is 0 Å². The van der Waals surface area contributed by atoms with E-state index in [1.165, 1.54) is 0 Å². The first-order chi connectivity index (χ1) is 9.36. The third-order valence-electron chi connectivity index (χ3n) is 4.37. The molecule has 124 valence electrons. The Labute approximate surface area is 123 Å². The van der Waals surface area contributed by atoms with Crippen LogP contribution in [0.3, 0.4) is 0 Å². The van der Waals surface area contributed by atoms with Crippen molar-refractivity contribution < 1.29 is 31.1 Å². The lowest BCUT2D eigenvalue weighted by molar-refractivity contribution is -0.206. The normalized spacial score (nSPS) is 35.2. The summed E-state index contributed by atoms with van der Waals surface area (Å²) >= 11 is -3.88. The molecule has 5 atom stereocenters. The van der Waals surface area contributed by atoms with Gasteiger partial charge in [-0.05, 0) is 51.9 Å². The van der Waals surface area contributed by atoms with Crippen molar-refractivity contribution in [1.29, 1.82) is 0 Å². The SMILES string of the molecule is CC(C)(C)OC1CC2CC1CC2C(F)(F)C(F)(F)S(=O)O. The average Bonchev–Trinajstić information content (AvgIpc) is 2.85. The van der Waals surface area contributed by atoms with Gasteiger partial charge >= 0.3 is 11.2 Å². The topological polar surface area (TPSA) is 46.5 Å². The second kappa shape index (κ2) is 5.16. The lowest BCUT2D eigenvalue weighted by Gasteiger charge is -2.37. The van der Waals surface area contributed by atoms with E-state index in [1.54, 1.807) is 0 Å². The summed E-state index contributed by atoms with van der Waals surface area (Å²) in [6.07, 6.45) is 0.423. The third kappa shape index (κ3) is 2.99. The van der Waals surface area contributed by atoms with Gasteiger partial charge in [0, 0.05) is 5.92 Å². The summed E-state index contributed by atoms with van der Waals surface area (Å²) in [6.45, 7) is 5.57. The van der Waals surface area contributed by atoms with Gasteiger partial charge < -0.3 is 9.29 Å². The van der Waals surface area contributed by atoms with Crippen LogP contribution in [0.5, 0.6) is 0 Å². The Balaban J connectivity index is 2.10. The predicted octanol–water partition coefficient (Wildman–Crippen LogP) is 3.67. The van der Waals surface area contributed by atoms with Crippen LogP contribution < -0.4 is 0 Å². The molecular formula is C13H20F4O3S. The van der Waals surface area contributed by atoms with E-state index in [4.69, 9.17) is 9.29 Å². The first-order valence-corrected chi connectivity index (χ1v) is 8.01. The lowest BCUT2D eigenvalue weighted by Crippen LogP contribution is -2.51. The van der Waals surface area contributed by atoms with Crippen LogP contribution in [-0.2, 0) is 15.8 Å². The van der Waals surface area contributed by atoms with E-state index in [0.29, 0.717) is 12.8 Å². The molecule has 0 heterocycles. The number of halogens is 4. The molecule has 0 aliphatic heterocycles. The Morgan fingerprint density at radius 2 is 1.62 bits per heavy atom. The van der Waals surface area contributed by atoms with Crippen LogP contribution in [0.25, 0.3) is 0 Å². The predicted molar refractivity (Wildman–Crippen MR) is 69.6 cm³/mol. The molecule has 5 unspecified atom stereocenters. The molecule has 0 radical (unpaired) electrons. The van der Waals surface area contributed by atoms with E-state index < -0.39 is 39.7 Å². The fourth-order valence-corrected chi connectivity index (χ4v) is 3.98. The van der Waals surface area contributed by atoms with Gasteiger partial charge in [0.15, 0.2) is 0 Å². The van der Waals surface area contributed by atoms with Gasteiger partial charge in [-0.3, -0.25) is 0 Å². The van der Waals surface area contributed by atoms with Gasteiger partial charge in [0.2, 0.25) is 11.1 Å². The van der Waals surface area contributed by atoms with Crippen molar-refractivity contribution in [2.24, 2.45) is 17.8 Å². The zero-order chi connectivity index (χ0) is 16.2. The van der Waals surface area contributed by atoms with Crippen molar-refractivity contribution in [2.45, 2.75) is 62.9 Å². The molecule has 0 aromatic rings. The fourth-order valence-electron chi connectivity index (χ4n) is 3.60. The Bertz CT molecular complexity index is 436. The molecule has 2 rings (SSSR count). The fraction of sp³-hybridized carbons (Fsp3) is 1.00. The molecule has 2 bridgehead atoms. The number of fused-ring (bicyclic) bond motifs is 2. The van der Waals surface area contributed by atoms with Crippen LogP contribution in [0.2, 0.25) is 0 Å². The molecule has 2 saturated carbocycles. The maximum Gasteiger partial charge on any atom is 0.406 e. The Morgan fingerprint density at radius 3 is 2.00 bits per heavy atom. The van der Waals surface area contributed by atoms with Crippen molar-refractivity contribution >= 4 is 11.1 Å². The maximum atomic E-state index is 13.9. The minimum atomic E-state index is -4.91. The molecule has 0 spiro atoms. The molecule has 1 N–H and O–H groups in total. The van der Waals surface area contributed by atoms with Crippen LogP contribution in [0, 0.1) is 17.8 Å². The average molecular weight is 332 g/mol. The molecule has 8 heteroatoms. The monoisotopic (exact) mass is 332 g/mol. The van der Waals surface area contributed by atoms with E-state index in [0.717, 1.165) is 0 Å². The first kappa shape index (κ1) is 17.1. The van der Waals surface area contributed by atoms with E-state index >= 15 is 0 Å². The van der Waals surface area contributed by atoms with Gasteiger partial charge in [-0.15, -0.1) is 0 Å². The molecular weight excluding hydrogens is 312 g/mol. The van der Waals surface area contributed by atoms with E-state index in [1.807, 2.05) is 20.8 Å². The summed E-state index contributed by atoms with van der Waals surface area (Å²) in [7, 11) is 0. The number of alkyl halides is 4. The first-order valence-electron chi connectivity index (χ1n) is 6.90. The van der Waals surface area contributed by atoms with Crippen LogP contribution in [-0.4, -0.2) is 31.6 Å². The highest BCUT2D eigenvalue weighted by Crippen LogP contribution is 2.58. The van der Waals surface area contributed by atoms with Crippen LogP contribution in [0.1, 0.15) is 40.0 Å². The Morgan fingerprint density at radius 1 is 1.05 bits per heavy atom. The Kier molecular flexibility index (Phi) is 4.22. The second-order valence-corrected chi connectivity index (χ2v) is 8.00. The van der Waals surface area contributed by atoms with E-state index in [-0.39, 0.29) is 18.4 Å². The minimum absolute atomic E-state index is 0.0921. The quantitative estimate of drug-likeness (QED) is 0.631. The van der Waals surface area contributed by atoms with Crippen molar-refractivity contribution in [3.8, 4) is 0 Å². The second-order valence-electron chi connectivity index (χ2n) is 6.99.